The largest absolute Gasteiger partial charge is 0.366 e. The summed E-state index contributed by atoms with van der Waals surface area (Å²) in [7, 11) is 0. The van der Waals surface area contributed by atoms with Gasteiger partial charge in [0, 0.05) is 30.4 Å². The molecule has 0 saturated heterocycles. The SMILES string of the molecule is O=C(NCc1ccccc1F)c1ccc(NCc2ccccc2F)nc1. The number of nitrogens with one attached hydrogen (secondary N) is 2. The summed E-state index contributed by atoms with van der Waals surface area (Å²) < 4.78 is 27.1. The molecule has 0 spiro atoms. The number of anilines is 1. The molecular weight excluding hydrogens is 336 g/mol. The van der Waals surface area contributed by atoms with E-state index in [1.807, 2.05) is 0 Å². The van der Waals surface area contributed by atoms with E-state index >= 15 is 0 Å². The van der Waals surface area contributed by atoms with Crippen molar-refractivity contribution in [1.82, 2.24) is 10.3 Å². The molecule has 132 valence electrons. The Morgan fingerprint density at radius 3 is 2.04 bits per heavy atom. The zero-order chi connectivity index (χ0) is 18.4. The molecule has 6 heteroatoms. The minimum Gasteiger partial charge on any atom is -0.366 e. The molecule has 0 bridgehead atoms. The highest BCUT2D eigenvalue weighted by atomic mass is 19.1. The summed E-state index contributed by atoms with van der Waals surface area (Å²) in [5.74, 6) is -0.469. The number of rotatable bonds is 6. The van der Waals surface area contributed by atoms with Gasteiger partial charge in [0.2, 0.25) is 0 Å². The van der Waals surface area contributed by atoms with Crippen molar-refractivity contribution in [2.24, 2.45) is 0 Å². The number of halogens is 2. The molecule has 3 rings (SSSR count). The summed E-state index contributed by atoms with van der Waals surface area (Å²) in [6.45, 7) is 0.386. The smallest absolute Gasteiger partial charge is 0.253 e. The third-order valence-electron chi connectivity index (χ3n) is 3.84. The lowest BCUT2D eigenvalue weighted by atomic mass is 10.2. The van der Waals surface area contributed by atoms with Gasteiger partial charge >= 0.3 is 0 Å². The van der Waals surface area contributed by atoms with Gasteiger partial charge in [-0.2, -0.15) is 0 Å². The first-order chi connectivity index (χ1) is 12.6. The maximum atomic E-state index is 13.6. The first kappa shape index (κ1) is 17.5. The summed E-state index contributed by atoms with van der Waals surface area (Å²) >= 11 is 0. The first-order valence-corrected chi connectivity index (χ1v) is 8.08. The van der Waals surface area contributed by atoms with Crippen LogP contribution in [0, 0.1) is 11.6 Å². The van der Waals surface area contributed by atoms with Gasteiger partial charge in [0.15, 0.2) is 0 Å². The van der Waals surface area contributed by atoms with Gasteiger partial charge in [0.25, 0.3) is 5.91 Å². The fourth-order valence-electron chi connectivity index (χ4n) is 2.38. The van der Waals surface area contributed by atoms with Gasteiger partial charge in [-0.3, -0.25) is 4.79 Å². The van der Waals surface area contributed by atoms with Gasteiger partial charge in [-0.1, -0.05) is 36.4 Å². The second-order valence-electron chi connectivity index (χ2n) is 5.65. The molecule has 2 aromatic carbocycles. The Morgan fingerprint density at radius 2 is 1.46 bits per heavy atom. The minimum atomic E-state index is -0.362. The lowest BCUT2D eigenvalue weighted by molar-refractivity contribution is 0.0950. The van der Waals surface area contributed by atoms with Crippen LogP contribution in [0.3, 0.4) is 0 Å². The topological polar surface area (TPSA) is 54.0 Å². The van der Waals surface area contributed by atoms with Crippen molar-refractivity contribution in [3.05, 3.63) is 95.2 Å². The number of pyridine rings is 1. The minimum absolute atomic E-state index is 0.0960. The summed E-state index contributed by atoms with van der Waals surface area (Å²) in [5, 5.41) is 5.65. The van der Waals surface area contributed by atoms with Crippen LogP contribution in [0.15, 0.2) is 66.9 Å². The number of benzene rings is 2. The summed E-state index contributed by atoms with van der Waals surface area (Å²) in [5.41, 5.74) is 1.30. The predicted octanol–water partition coefficient (Wildman–Crippen LogP) is 3.90. The second kappa shape index (κ2) is 8.20. The number of amides is 1. The van der Waals surface area contributed by atoms with Crippen LogP contribution >= 0.6 is 0 Å². The average Bonchev–Trinajstić information content (AvgIpc) is 2.67. The molecule has 1 aromatic heterocycles. The predicted molar refractivity (Wildman–Crippen MR) is 95.5 cm³/mol. The number of nitrogens with zero attached hydrogens (tertiary/aromatic N) is 1. The normalized spacial score (nSPS) is 10.4. The zero-order valence-corrected chi connectivity index (χ0v) is 13.9. The van der Waals surface area contributed by atoms with Gasteiger partial charge in [-0.25, -0.2) is 13.8 Å². The van der Waals surface area contributed by atoms with Crippen LogP contribution in [0.2, 0.25) is 0 Å². The van der Waals surface area contributed by atoms with Crippen molar-refractivity contribution in [3.63, 3.8) is 0 Å². The number of carbonyl (C=O) groups excluding carboxylic acids is 1. The van der Waals surface area contributed by atoms with Crippen molar-refractivity contribution < 1.29 is 13.6 Å². The quantitative estimate of drug-likeness (QED) is 0.707. The van der Waals surface area contributed by atoms with Crippen LogP contribution in [0.1, 0.15) is 21.5 Å². The van der Waals surface area contributed by atoms with E-state index in [1.165, 1.54) is 18.3 Å². The Labute approximate surface area is 149 Å². The Kier molecular flexibility index (Phi) is 5.53. The summed E-state index contributed by atoms with van der Waals surface area (Å²) in [6.07, 6.45) is 1.42. The van der Waals surface area contributed by atoms with E-state index in [9.17, 15) is 13.6 Å². The Morgan fingerprint density at radius 1 is 0.846 bits per heavy atom. The first-order valence-electron chi connectivity index (χ1n) is 8.08. The standard InChI is InChI=1S/C20H17F2N3O/c21-17-7-3-1-5-14(17)11-23-19-10-9-16(13-24-19)20(26)25-12-15-6-2-4-8-18(15)22/h1-10,13H,11-12H2,(H,23,24)(H,25,26). The lowest BCUT2D eigenvalue weighted by Crippen LogP contribution is -2.23. The Hall–Kier alpha value is -3.28. The van der Waals surface area contributed by atoms with E-state index < -0.39 is 0 Å². The van der Waals surface area contributed by atoms with Crippen LogP contribution < -0.4 is 10.6 Å². The van der Waals surface area contributed by atoms with Gasteiger partial charge in [-0.05, 0) is 24.3 Å². The third-order valence-corrected chi connectivity index (χ3v) is 3.84. The fraction of sp³-hybridized carbons (Fsp3) is 0.100. The van der Waals surface area contributed by atoms with E-state index in [0.29, 0.717) is 29.1 Å². The molecule has 0 atom stereocenters. The molecule has 4 nitrogen and oxygen atoms in total. The molecule has 0 aliphatic rings. The molecule has 0 aliphatic heterocycles. The highest BCUT2D eigenvalue weighted by Gasteiger charge is 2.08. The van der Waals surface area contributed by atoms with Crippen molar-refractivity contribution in [2.75, 3.05) is 5.32 Å². The molecule has 1 amide bonds. The highest BCUT2D eigenvalue weighted by molar-refractivity contribution is 5.94. The molecule has 26 heavy (non-hydrogen) atoms. The maximum Gasteiger partial charge on any atom is 0.253 e. The Balaban J connectivity index is 1.56. The second-order valence-corrected chi connectivity index (χ2v) is 5.65. The van der Waals surface area contributed by atoms with Crippen molar-refractivity contribution in [1.29, 1.82) is 0 Å². The van der Waals surface area contributed by atoms with Gasteiger partial charge in [0.05, 0.1) is 5.56 Å². The third kappa shape index (κ3) is 4.42. The molecule has 1 heterocycles. The zero-order valence-electron chi connectivity index (χ0n) is 13.9. The molecule has 3 aromatic rings. The maximum absolute atomic E-state index is 13.6. The fourth-order valence-corrected chi connectivity index (χ4v) is 2.38. The monoisotopic (exact) mass is 353 g/mol. The highest BCUT2D eigenvalue weighted by Crippen LogP contribution is 2.11. The van der Waals surface area contributed by atoms with Gasteiger partial charge in [0.1, 0.15) is 17.5 Å². The van der Waals surface area contributed by atoms with E-state index in [-0.39, 0.29) is 24.1 Å². The summed E-state index contributed by atoms with van der Waals surface area (Å²) in [6, 6.07) is 16.0. The van der Waals surface area contributed by atoms with E-state index in [4.69, 9.17) is 0 Å². The van der Waals surface area contributed by atoms with Crippen LogP contribution in [0.4, 0.5) is 14.6 Å². The van der Waals surface area contributed by atoms with Gasteiger partial charge in [-0.15, -0.1) is 0 Å². The molecule has 0 fully saturated rings. The molecule has 0 aliphatic carbocycles. The summed E-state index contributed by atoms with van der Waals surface area (Å²) in [4.78, 5) is 16.3. The van der Waals surface area contributed by atoms with Crippen LogP contribution in [-0.4, -0.2) is 10.9 Å². The number of aromatic nitrogens is 1. The van der Waals surface area contributed by atoms with E-state index in [2.05, 4.69) is 15.6 Å². The molecule has 0 unspecified atom stereocenters. The number of carbonyl (C=O) groups is 1. The molecule has 0 saturated carbocycles. The molecular formula is C20H17F2N3O. The van der Waals surface area contributed by atoms with Crippen molar-refractivity contribution >= 4 is 11.7 Å². The van der Waals surface area contributed by atoms with Gasteiger partial charge < -0.3 is 10.6 Å². The Bertz CT molecular complexity index is 898. The number of hydrogen-bond donors (Lipinski definition) is 2. The van der Waals surface area contributed by atoms with Crippen LogP contribution in [-0.2, 0) is 13.1 Å². The van der Waals surface area contributed by atoms with Crippen LogP contribution in [0.25, 0.3) is 0 Å². The van der Waals surface area contributed by atoms with Crippen molar-refractivity contribution in [2.45, 2.75) is 13.1 Å². The number of hydrogen-bond acceptors (Lipinski definition) is 3. The molecule has 2 N–H and O–H groups in total. The van der Waals surface area contributed by atoms with E-state index in [0.717, 1.165) is 0 Å². The van der Waals surface area contributed by atoms with E-state index in [1.54, 1.807) is 48.5 Å². The van der Waals surface area contributed by atoms with Crippen LogP contribution in [0.5, 0.6) is 0 Å². The molecule has 0 radical (unpaired) electrons. The van der Waals surface area contributed by atoms with Crippen molar-refractivity contribution in [3.8, 4) is 0 Å². The lowest BCUT2D eigenvalue weighted by Gasteiger charge is -2.08. The average molecular weight is 353 g/mol.